The summed E-state index contributed by atoms with van der Waals surface area (Å²) in [5.41, 5.74) is 0.959. The minimum Gasteiger partial charge on any atom is -0.446 e. The quantitative estimate of drug-likeness (QED) is 0.206. The molecule has 45 heavy (non-hydrogen) atoms. The summed E-state index contributed by atoms with van der Waals surface area (Å²) in [6, 6.07) is 3.63. The molecule has 2 aromatic rings. The summed E-state index contributed by atoms with van der Waals surface area (Å²) in [6.07, 6.45) is 10.9. The number of nitrogens with one attached hydrogen (secondary N) is 1. The maximum Gasteiger partial charge on any atom is 0.410 e. The van der Waals surface area contributed by atoms with Crippen LogP contribution in [0.4, 0.5) is 10.6 Å². The van der Waals surface area contributed by atoms with Crippen molar-refractivity contribution in [3.8, 4) is 12.3 Å². The zero-order chi connectivity index (χ0) is 32.1. The number of carbonyl (C=O) groups is 2. The third-order valence-electron chi connectivity index (χ3n) is 7.74. The lowest BCUT2D eigenvalue weighted by molar-refractivity contribution is 0.000192. The van der Waals surface area contributed by atoms with Crippen LogP contribution in [0.25, 0.3) is 0 Å². The highest BCUT2D eigenvalue weighted by Crippen LogP contribution is 2.37. The molecule has 0 radical (unpaired) electrons. The van der Waals surface area contributed by atoms with E-state index in [0.29, 0.717) is 64.3 Å². The third-order valence-corrected chi connectivity index (χ3v) is 7.74. The molecule has 1 saturated carbocycles. The molecule has 2 amide bonds. The maximum atomic E-state index is 13.4. The van der Waals surface area contributed by atoms with Crippen LogP contribution in [-0.4, -0.2) is 109 Å². The van der Waals surface area contributed by atoms with Crippen LogP contribution >= 0.6 is 0 Å². The van der Waals surface area contributed by atoms with Crippen molar-refractivity contribution < 1.29 is 33.3 Å². The third kappa shape index (κ3) is 10.6. The SMILES string of the molecule is C#CCOCCOCCOCCOCCn1nccc1C(=O)Nc1cc([C@H]2CC[C@@H](OC(=O)N3CCCC3)C2)nn1C(C)(C)C. The monoisotopic (exact) mass is 628 g/mol. The number of amides is 2. The van der Waals surface area contributed by atoms with Crippen LogP contribution in [0.5, 0.6) is 0 Å². The normalized spacial score (nSPS) is 18.3. The molecule has 1 N–H and O–H groups in total. The fraction of sp³-hybridized carbons (Fsp3) is 0.688. The first-order valence-electron chi connectivity index (χ1n) is 15.9. The molecule has 2 atom stereocenters. The molecule has 248 valence electrons. The average molecular weight is 629 g/mol. The molecule has 2 aromatic heterocycles. The molecule has 13 nitrogen and oxygen atoms in total. The van der Waals surface area contributed by atoms with Gasteiger partial charge in [-0.1, -0.05) is 5.92 Å². The maximum absolute atomic E-state index is 13.4. The van der Waals surface area contributed by atoms with E-state index in [1.54, 1.807) is 21.8 Å². The van der Waals surface area contributed by atoms with E-state index in [2.05, 4.69) is 16.3 Å². The zero-order valence-electron chi connectivity index (χ0n) is 26.9. The van der Waals surface area contributed by atoms with Crippen LogP contribution in [0.15, 0.2) is 18.3 Å². The summed E-state index contributed by atoms with van der Waals surface area (Å²) < 4.78 is 31.0. The highest BCUT2D eigenvalue weighted by Gasteiger charge is 2.33. The molecule has 0 aromatic carbocycles. The van der Waals surface area contributed by atoms with E-state index in [4.69, 9.17) is 35.2 Å². The van der Waals surface area contributed by atoms with Crippen molar-refractivity contribution >= 4 is 17.8 Å². The van der Waals surface area contributed by atoms with Crippen LogP contribution in [0, 0.1) is 12.3 Å². The first-order chi connectivity index (χ1) is 21.8. The summed E-state index contributed by atoms with van der Waals surface area (Å²) in [7, 11) is 0. The Bertz CT molecular complexity index is 1260. The highest BCUT2D eigenvalue weighted by atomic mass is 16.6. The summed E-state index contributed by atoms with van der Waals surface area (Å²) in [5, 5.41) is 12.3. The first-order valence-corrected chi connectivity index (χ1v) is 15.9. The van der Waals surface area contributed by atoms with Crippen LogP contribution < -0.4 is 5.32 Å². The summed E-state index contributed by atoms with van der Waals surface area (Å²) in [5.74, 6) is 2.89. The lowest BCUT2D eigenvalue weighted by Gasteiger charge is -2.22. The van der Waals surface area contributed by atoms with E-state index in [0.717, 1.165) is 50.9 Å². The number of hydrogen-bond acceptors (Lipinski definition) is 9. The van der Waals surface area contributed by atoms with Crippen molar-refractivity contribution in [1.29, 1.82) is 0 Å². The van der Waals surface area contributed by atoms with Gasteiger partial charge in [-0.3, -0.25) is 9.48 Å². The Labute approximate surface area is 265 Å². The van der Waals surface area contributed by atoms with Crippen molar-refractivity contribution in [1.82, 2.24) is 24.5 Å². The fourth-order valence-corrected chi connectivity index (χ4v) is 5.46. The van der Waals surface area contributed by atoms with Gasteiger partial charge < -0.3 is 33.9 Å². The van der Waals surface area contributed by atoms with Crippen molar-refractivity contribution in [3.05, 3.63) is 29.7 Å². The predicted octanol–water partition coefficient (Wildman–Crippen LogP) is 3.66. The first kappa shape index (κ1) is 34.4. The number of hydrogen-bond donors (Lipinski definition) is 1. The molecule has 0 bridgehead atoms. The topological polar surface area (TPSA) is 131 Å². The van der Waals surface area contributed by atoms with Crippen LogP contribution in [-0.2, 0) is 35.8 Å². The van der Waals surface area contributed by atoms with Gasteiger partial charge in [0.05, 0.1) is 64.0 Å². The molecule has 0 spiro atoms. The number of ether oxygens (including phenoxy) is 5. The van der Waals surface area contributed by atoms with Gasteiger partial charge in [0, 0.05) is 31.3 Å². The number of likely N-dealkylation sites (tertiary alicyclic amines) is 1. The number of carbonyl (C=O) groups excluding carboxylic acids is 2. The Balaban J connectivity index is 1.22. The van der Waals surface area contributed by atoms with Gasteiger partial charge in [0.25, 0.3) is 5.91 Å². The second-order valence-corrected chi connectivity index (χ2v) is 12.2. The van der Waals surface area contributed by atoms with Crippen molar-refractivity contribution in [2.45, 2.75) is 77.0 Å². The standard InChI is InChI=1S/C32H48N6O7/c1-5-15-41-17-19-43-21-22-44-20-18-42-16-14-37-28(10-11-33-37)30(39)34-29-24-27(35-38(29)32(2,3)4)25-8-9-26(23-25)45-31(40)36-12-6-7-13-36/h1,10-11,24-26H,6-9,12-23H2,2-4H3,(H,34,39)/t25-,26+/m0/s1. The number of aromatic nitrogens is 4. The molecule has 3 heterocycles. The second-order valence-electron chi connectivity index (χ2n) is 12.2. The number of terminal acetylenes is 1. The minimum absolute atomic E-state index is 0.117. The van der Waals surface area contributed by atoms with Gasteiger partial charge in [-0.05, 0) is 58.9 Å². The molecule has 4 rings (SSSR count). The van der Waals surface area contributed by atoms with Gasteiger partial charge in [0.15, 0.2) is 0 Å². The Morgan fingerprint density at radius 2 is 1.67 bits per heavy atom. The van der Waals surface area contributed by atoms with E-state index in [1.165, 1.54) is 0 Å². The Morgan fingerprint density at radius 1 is 1.00 bits per heavy atom. The van der Waals surface area contributed by atoms with Crippen molar-refractivity contribution in [2.24, 2.45) is 0 Å². The smallest absolute Gasteiger partial charge is 0.410 e. The molecule has 13 heteroatoms. The van der Waals surface area contributed by atoms with Crippen LogP contribution in [0.1, 0.15) is 75.0 Å². The highest BCUT2D eigenvalue weighted by molar-refractivity contribution is 6.02. The summed E-state index contributed by atoms with van der Waals surface area (Å²) in [4.78, 5) is 27.7. The molecule has 1 aliphatic carbocycles. The van der Waals surface area contributed by atoms with Gasteiger partial charge in [-0.15, -0.1) is 6.42 Å². The van der Waals surface area contributed by atoms with Gasteiger partial charge in [0.2, 0.25) is 0 Å². The molecular weight excluding hydrogens is 580 g/mol. The number of nitrogens with zero attached hydrogens (tertiary/aromatic N) is 5. The molecule has 1 saturated heterocycles. The number of rotatable bonds is 17. The molecule has 2 fully saturated rings. The van der Waals surface area contributed by atoms with E-state index < -0.39 is 0 Å². The summed E-state index contributed by atoms with van der Waals surface area (Å²) >= 11 is 0. The molecule has 1 aliphatic heterocycles. The van der Waals surface area contributed by atoms with Crippen LogP contribution in [0.3, 0.4) is 0 Å². The zero-order valence-corrected chi connectivity index (χ0v) is 26.9. The van der Waals surface area contributed by atoms with Crippen molar-refractivity contribution in [3.63, 3.8) is 0 Å². The average Bonchev–Trinajstić information content (AvgIpc) is 3.82. The van der Waals surface area contributed by atoms with E-state index in [1.807, 2.05) is 31.5 Å². The number of anilines is 1. The molecule has 2 aliphatic rings. The fourth-order valence-electron chi connectivity index (χ4n) is 5.46. The van der Waals surface area contributed by atoms with Gasteiger partial charge >= 0.3 is 6.09 Å². The lowest BCUT2D eigenvalue weighted by atomic mass is 10.0. The Hall–Kier alpha value is -3.44. The van der Waals surface area contributed by atoms with Gasteiger partial charge in [0.1, 0.15) is 24.2 Å². The van der Waals surface area contributed by atoms with Crippen LogP contribution in [0.2, 0.25) is 0 Å². The molecule has 0 unspecified atom stereocenters. The predicted molar refractivity (Wildman–Crippen MR) is 167 cm³/mol. The second kappa shape index (κ2) is 17.3. The summed E-state index contributed by atoms with van der Waals surface area (Å²) in [6.45, 7) is 11.5. The minimum atomic E-state index is -0.361. The van der Waals surface area contributed by atoms with E-state index >= 15 is 0 Å². The lowest BCUT2D eigenvalue weighted by Crippen LogP contribution is -2.31. The van der Waals surface area contributed by atoms with Gasteiger partial charge in [-0.25, -0.2) is 9.48 Å². The van der Waals surface area contributed by atoms with Crippen molar-refractivity contribution in [2.75, 3.05) is 71.3 Å². The Morgan fingerprint density at radius 3 is 2.33 bits per heavy atom. The Kier molecular flexibility index (Phi) is 13.2. The van der Waals surface area contributed by atoms with Gasteiger partial charge in [-0.2, -0.15) is 10.2 Å². The molecular formula is C32H48N6O7. The van der Waals surface area contributed by atoms with E-state index in [9.17, 15) is 9.59 Å². The van der Waals surface area contributed by atoms with E-state index in [-0.39, 0.29) is 36.2 Å². The largest absolute Gasteiger partial charge is 0.446 e.